The van der Waals surface area contributed by atoms with Crippen LogP contribution in [0.3, 0.4) is 0 Å². The highest BCUT2D eigenvalue weighted by molar-refractivity contribution is 6.04. The Labute approximate surface area is 183 Å². The zero-order valence-corrected chi connectivity index (χ0v) is 18.4. The molecule has 2 aromatic rings. The Balaban J connectivity index is 1.71. The molecule has 0 aliphatic carbocycles. The Bertz CT molecular complexity index is 1060. The molecule has 0 fully saturated rings. The Hall–Kier alpha value is -3.21. The van der Waals surface area contributed by atoms with E-state index in [2.05, 4.69) is 26.8 Å². The van der Waals surface area contributed by atoms with Crippen LogP contribution in [0.5, 0.6) is 23.0 Å². The SMILES string of the molecule is COc1cc2c(c3c1C(=O)C[C@@H](c1ccc(O)cc1)O3)C=CC(C)(CCC=C(C)C)O2. The van der Waals surface area contributed by atoms with Crippen LogP contribution < -0.4 is 14.2 Å². The topological polar surface area (TPSA) is 65.0 Å². The van der Waals surface area contributed by atoms with Crippen LogP contribution in [0.15, 0.2) is 48.1 Å². The molecule has 0 spiro atoms. The monoisotopic (exact) mass is 420 g/mol. The Kier molecular flexibility index (Phi) is 5.52. The smallest absolute Gasteiger partial charge is 0.174 e. The van der Waals surface area contributed by atoms with Gasteiger partial charge < -0.3 is 19.3 Å². The van der Waals surface area contributed by atoms with E-state index in [1.807, 2.05) is 12.2 Å². The summed E-state index contributed by atoms with van der Waals surface area (Å²) in [5, 5.41) is 9.58. The van der Waals surface area contributed by atoms with Gasteiger partial charge in [0.15, 0.2) is 5.78 Å². The predicted molar refractivity (Wildman–Crippen MR) is 120 cm³/mol. The number of carbonyl (C=O) groups excluding carboxylic acids is 1. The third-order valence-electron chi connectivity index (χ3n) is 5.78. The van der Waals surface area contributed by atoms with Crippen molar-refractivity contribution in [3.63, 3.8) is 0 Å². The second-order valence-electron chi connectivity index (χ2n) is 8.59. The fourth-order valence-electron chi connectivity index (χ4n) is 4.07. The molecule has 2 aromatic carbocycles. The molecule has 0 saturated heterocycles. The molecule has 2 aliphatic rings. The number of hydrogen-bond acceptors (Lipinski definition) is 5. The number of ketones is 1. The lowest BCUT2D eigenvalue weighted by Gasteiger charge is -2.35. The van der Waals surface area contributed by atoms with Gasteiger partial charge in [0.1, 0.15) is 40.3 Å². The summed E-state index contributed by atoms with van der Waals surface area (Å²) in [6.07, 6.45) is 7.76. The zero-order valence-electron chi connectivity index (χ0n) is 18.4. The average molecular weight is 421 g/mol. The summed E-state index contributed by atoms with van der Waals surface area (Å²) in [6.45, 7) is 6.24. The number of hydrogen-bond donors (Lipinski definition) is 1. The zero-order chi connectivity index (χ0) is 22.2. The maximum atomic E-state index is 13.1. The van der Waals surface area contributed by atoms with Gasteiger partial charge in [-0.05, 0) is 63.5 Å². The number of methoxy groups -OCH3 is 1. The number of phenolic OH excluding ortho intramolecular Hbond substituents is 1. The summed E-state index contributed by atoms with van der Waals surface area (Å²) < 4.78 is 18.2. The molecule has 5 nitrogen and oxygen atoms in total. The second-order valence-corrected chi connectivity index (χ2v) is 8.59. The van der Waals surface area contributed by atoms with E-state index in [0.29, 0.717) is 22.8 Å². The summed E-state index contributed by atoms with van der Waals surface area (Å²) in [7, 11) is 1.55. The van der Waals surface area contributed by atoms with Crippen molar-refractivity contribution in [3.8, 4) is 23.0 Å². The van der Waals surface area contributed by atoms with Crippen LogP contribution in [0.4, 0.5) is 0 Å². The van der Waals surface area contributed by atoms with Gasteiger partial charge in [-0.15, -0.1) is 0 Å². The number of Topliss-reactive ketones (excluding diaryl/α,β-unsaturated/α-hetero) is 1. The fraction of sp³-hybridized carbons (Fsp3) is 0.346. The number of phenols is 1. The highest BCUT2D eigenvalue weighted by Crippen LogP contribution is 2.49. The van der Waals surface area contributed by atoms with E-state index >= 15 is 0 Å². The number of allylic oxidation sites excluding steroid dienone is 2. The number of ether oxygens (including phenoxy) is 3. The Morgan fingerprint density at radius 3 is 2.71 bits per heavy atom. The fourth-order valence-corrected chi connectivity index (χ4v) is 4.07. The Morgan fingerprint density at radius 2 is 2.03 bits per heavy atom. The summed E-state index contributed by atoms with van der Waals surface area (Å²) >= 11 is 0. The number of carbonyl (C=O) groups is 1. The number of benzene rings is 2. The van der Waals surface area contributed by atoms with E-state index in [0.717, 1.165) is 24.0 Å². The van der Waals surface area contributed by atoms with E-state index in [9.17, 15) is 9.90 Å². The van der Waals surface area contributed by atoms with Gasteiger partial charge in [-0.25, -0.2) is 0 Å². The van der Waals surface area contributed by atoms with Crippen LogP contribution in [0.1, 0.15) is 67.6 Å². The minimum atomic E-state index is -0.451. The standard InChI is InChI=1S/C26H28O5/c1-16(2)6-5-12-26(3)13-11-19-22(31-26)15-23(29-4)24-20(28)14-21(30-25(19)24)17-7-9-18(27)10-8-17/h6-11,13,15,21,27H,5,12,14H2,1-4H3/t21-,26?/m0/s1. The lowest BCUT2D eigenvalue weighted by Crippen LogP contribution is -2.32. The van der Waals surface area contributed by atoms with Crippen molar-refractivity contribution in [2.24, 2.45) is 0 Å². The first kappa shape index (κ1) is 21.0. The first-order valence-corrected chi connectivity index (χ1v) is 10.5. The summed E-state index contributed by atoms with van der Waals surface area (Å²) in [6, 6.07) is 8.54. The Morgan fingerprint density at radius 1 is 1.29 bits per heavy atom. The van der Waals surface area contributed by atoms with Crippen molar-refractivity contribution < 1.29 is 24.1 Å². The van der Waals surface area contributed by atoms with Crippen LogP contribution in [-0.4, -0.2) is 23.6 Å². The van der Waals surface area contributed by atoms with Crippen LogP contribution in [-0.2, 0) is 0 Å². The van der Waals surface area contributed by atoms with Gasteiger partial charge in [-0.1, -0.05) is 23.8 Å². The quantitative estimate of drug-likeness (QED) is 0.600. The van der Waals surface area contributed by atoms with Gasteiger partial charge in [-0.2, -0.15) is 0 Å². The number of rotatable bonds is 5. The summed E-state index contributed by atoms with van der Waals surface area (Å²) in [5.74, 6) is 1.74. The van der Waals surface area contributed by atoms with E-state index < -0.39 is 11.7 Å². The van der Waals surface area contributed by atoms with Crippen molar-refractivity contribution in [2.45, 2.75) is 51.7 Å². The van der Waals surface area contributed by atoms with Crippen LogP contribution in [0.2, 0.25) is 0 Å². The molecular formula is C26H28O5. The van der Waals surface area contributed by atoms with Crippen molar-refractivity contribution in [3.05, 3.63) is 64.7 Å². The largest absolute Gasteiger partial charge is 0.508 e. The van der Waals surface area contributed by atoms with Gasteiger partial charge in [-0.3, -0.25) is 4.79 Å². The van der Waals surface area contributed by atoms with Crippen LogP contribution >= 0.6 is 0 Å². The summed E-state index contributed by atoms with van der Waals surface area (Å²) in [5.41, 5.74) is 2.88. The second kappa shape index (κ2) is 8.14. The first-order valence-electron chi connectivity index (χ1n) is 10.5. The van der Waals surface area contributed by atoms with Crippen LogP contribution in [0.25, 0.3) is 6.08 Å². The normalized spacial score (nSPS) is 21.4. The first-order chi connectivity index (χ1) is 14.8. The highest BCUT2D eigenvalue weighted by Gasteiger charge is 2.37. The lowest BCUT2D eigenvalue weighted by atomic mass is 9.90. The molecule has 2 atom stereocenters. The molecule has 5 heteroatoms. The molecule has 0 radical (unpaired) electrons. The maximum absolute atomic E-state index is 13.1. The highest BCUT2D eigenvalue weighted by atomic mass is 16.5. The molecule has 2 aliphatic heterocycles. The van der Waals surface area contributed by atoms with Gasteiger partial charge in [0.05, 0.1) is 19.1 Å². The molecule has 31 heavy (non-hydrogen) atoms. The van der Waals surface area contributed by atoms with Crippen LogP contribution in [0, 0.1) is 0 Å². The van der Waals surface area contributed by atoms with Gasteiger partial charge in [0, 0.05) is 6.07 Å². The van der Waals surface area contributed by atoms with E-state index in [1.165, 1.54) is 5.57 Å². The minimum absolute atomic E-state index is 0.0377. The molecule has 162 valence electrons. The maximum Gasteiger partial charge on any atom is 0.174 e. The predicted octanol–water partition coefficient (Wildman–Crippen LogP) is 6.02. The molecule has 1 N–H and O–H groups in total. The minimum Gasteiger partial charge on any atom is -0.508 e. The van der Waals surface area contributed by atoms with Crippen molar-refractivity contribution in [2.75, 3.05) is 7.11 Å². The van der Waals surface area contributed by atoms with Crippen molar-refractivity contribution in [1.29, 1.82) is 0 Å². The molecular weight excluding hydrogens is 392 g/mol. The van der Waals surface area contributed by atoms with E-state index in [-0.39, 0.29) is 18.0 Å². The molecule has 4 rings (SSSR count). The van der Waals surface area contributed by atoms with Crippen molar-refractivity contribution >= 4 is 11.9 Å². The van der Waals surface area contributed by atoms with E-state index in [1.54, 1.807) is 37.4 Å². The summed E-state index contributed by atoms with van der Waals surface area (Å²) in [4.78, 5) is 13.1. The van der Waals surface area contributed by atoms with Crippen molar-refractivity contribution in [1.82, 2.24) is 0 Å². The third-order valence-corrected chi connectivity index (χ3v) is 5.78. The number of aromatic hydroxyl groups is 1. The third kappa shape index (κ3) is 4.18. The molecule has 0 amide bonds. The number of fused-ring (bicyclic) bond motifs is 3. The van der Waals surface area contributed by atoms with Gasteiger partial charge in [0.2, 0.25) is 0 Å². The molecule has 1 unspecified atom stereocenters. The van der Waals surface area contributed by atoms with Gasteiger partial charge >= 0.3 is 0 Å². The molecule has 0 aromatic heterocycles. The van der Waals surface area contributed by atoms with E-state index in [4.69, 9.17) is 14.2 Å². The molecule has 0 bridgehead atoms. The molecule has 2 heterocycles. The molecule has 0 saturated carbocycles. The van der Waals surface area contributed by atoms with Gasteiger partial charge in [0.25, 0.3) is 0 Å². The lowest BCUT2D eigenvalue weighted by molar-refractivity contribution is 0.0838. The average Bonchev–Trinajstić information content (AvgIpc) is 2.72.